The van der Waals surface area contributed by atoms with Crippen LogP contribution < -0.4 is 5.32 Å². The second-order valence-corrected chi connectivity index (χ2v) is 5.48. The van der Waals surface area contributed by atoms with Crippen LogP contribution in [0, 0.1) is 0 Å². The number of methoxy groups -OCH3 is 1. The Kier molecular flexibility index (Phi) is 5.37. The monoisotopic (exact) mass is 330 g/mol. The summed E-state index contributed by atoms with van der Waals surface area (Å²) in [5.74, 6) is 1.58. The van der Waals surface area contributed by atoms with Crippen molar-refractivity contribution < 1.29 is 9.15 Å². The fourth-order valence-corrected chi connectivity index (χ4v) is 3.01. The second-order valence-electron chi connectivity index (χ2n) is 3.71. The molecule has 0 saturated heterocycles. The second kappa shape index (κ2) is 7.04. The summed E-state index contributed by atoms with van der Waals surface area (Å²) in [5.41, 5.74) is 0. The number of aromatic nitrogens is 1. The molecule has 2 aromatic heterocycles. The lowest BCUT2D eigenvalue weighted by Crippen LogP contribution is -2.21. The molecule has 0 radical (unpaired) electrons. The fraction of sp³-hybridized carbons (Fsp3) is 0.417. The number of halogens is 1. The highest BCUT2D eigenvalue weighted by Crippen LogP contribution is 2.33. The van der Waals surface area contributed by atoms with Gasteiger partial charge in [0.25, 0.3) is 0 Å². The van der Waals surface area contributed by atoms with Gasteiger partial charge in [0.05, 0.1) is 17.7 Å². The number of rotatable bonds is 7. The quantitative estimate of drug-likeness (QED) is 0.793. The zero-order valence-electron chi connectivity index (χ0n) is 10.1. The van der Waals surface area contributed by atoms with Gasteiger partial charge in [0.2, 0.25) is 0 Å². The van der Waals surface area contributed by atoms with Gasteiger partial charge in [0.1, 0.15) is 0 Å². The first kappa shape index (κ1) is 13.7. The smallest absolute Gasteiger partial charge is 0.196 e. The van der Waals surface area contributed by atoms with Crippen LogP contribution in [0.5, 0.6) is 0 Å². The van der Waals surface area contributed by atoms with E-state index in [2.05, 4.69) is 26.2 Å². The van der Waals surface area contributed by atoms with Crippen molar-refractivity contribution in [2.45, 2.75) is 6.42 Å². The molecule has 0 aromatic carbocycles. The van der Waals surface area contributed by atoms with Crippen LogP contribution in [-0.2, 0) is 11.2 Å². The summed E-state index contributed by atoms with van der Waals surface area (Å²) >= 11 is 5.13. The normalized spacial score (nSPS) is 11.0. The Morgan fingerprint density at radius 1 is 1.50 bits per heavy atom. The highest BCUT2D eigenvalue weighted by molar-refractivity contribution is 9.10. The van der Waals surface area contributed by atoms with E-state index in [1.807, 2.05) is 11.4 Å². The number of thiophene rings is 1. The Balaban J connectivity index is 1.85. The predicted octanol–water partition coefficient (Wildman–Crippen LogP) is 2.94. The topological polar surface area (TPSA) is 47.3 Å². The Bertz CT molecular complexity index is 484. The van der Waals surface area contributed by atoms with Crippen LogP contribution in [0.25, 0.3) is 10.6 Å². The molecule has 0 aliphatic heterocycles. The summed E-state index contributed by atoms with van der Waals surface area (Å²) in [6, 6.07) is 2.01. The molecule has 0 bridgehead atoms. The van der Waals surface area contributed by atoms with Crippen molar-refractivity contribution in [3.05, 3.63) is 28.0 Å². The molecule has 0 spiro atoms. The zero-order chi connectivity index (χ0) is 12.8. The van der Waals surface area contributed by atoms with E-state index in [0.29, 0.717) is 0 Å². The molecule has 0 aliphatic rings. The van der Waals surface area contributed by atoms with Gasteiger partial charge in [0, 0.05) is 31.1 Å². The van der Waals surface area contributed by atoms with Crippen molar-refractivity contribution in [1.29, 1.82) is 0 Å². The van der Waals surface area contributed by atoms with E-state index in [1.165, 1.54) is 0 Å². The molecular formula is C12H15BrN2O2S. The van der Waals surface area contributed by atoms with Crippen LogP contribution in [0.1, 0.15) is 5.89 Å². The van der Waals surface area contributed by atoms with Crippen LogP contribution >= 0.6 is 27.3 Å². The fourth-order valence-electron chi connectivity index (χ4n) is 1.49. The maximum Gasteiger partial charge on any atom is 0.196 e. The first-order valence-corrected chi connectivity index (χ1v) is 7.36. The average molecular weight is 331 g/mol. The molecule has 2 heterocycles. The summed E-state index contributed by atoms with van der Waals surface area (Å²) in [6.07, 6.45) is 2.56. The highest BCUT2D eigenvalue weighted by Gasteiger charge is 2.10. The van der Waals surface area contributed by atoms with E-state index in [-0.39, 0.29) is 0 Å². The van der Waals surface area contributed by atoms with Gasteiger partial charge in [-0.25, -0.2) is 4.98 Å². The van der Waals surface area contributed by atoms with Crippen molar-refractivity contribution >= 4 is 27.3 Å². The van der Waals surface area contributed by atoms with Crippen LogP contribution in [0.2, 0.25) is 0 Å². The first-order chi connectivity index (χ1) is 8.81. The number of hydrogen-bond acceptors (Lipinski definition) is 5. The van der Waals surface area contributed by atoms with E-state index in [1.54, 1.807) is 24.6 Å². The van der Waals surface area contributed by atoms with Gasteiger partial charge in [-0.05, 0) is 27.4 Å². The van der Waals surface area contributed by atoms with Gasteiger partial charge in [-0.3, -0.25) is 0 Å². The average Bonchev–Trinajstić information content (AvgIpc) is 2.97. The zero-order valence-corrected chi connectivity index (χ0v) is 12.5. The van der Waals surface area contributed by atoms with Gasteiger partial charge in [-0.1, -0.05) is 0 Å². The summed E-state index contributed by atoms with van der Waals surface area (Å²) in [7, 11) is 1.70. The maximum absolute atomic E-state index is 5.71. The minimum Gasteiger partial charge on any atom is -0.440 e. The maximum atomic E-state index is 5.71. The highest BCUT2D eigenvalue weighted by atomic mass is 79.9. The minimum atomic E-state index is 0.721. The lowest BCUT2D eigenvalue weighted by atomic mass is 10.4. The van der Waals surface area contributed by atoms with E-state index in [9.17, 15) is 0 Å². The van der Waals surface area contributed by atoms with E-state index < -0.39 is 0 Å². The molecule has 0 amide bonds. The van der Waals surface area contributed by atoms with Crippen molar-refractivity contribution in [3.8, 4) is 10.6 Å². The molecule has 2 rings (SSSR count). The van der Waals surface area contributed by atoms with Gasteiger partial charge >= 0.3 is 0 Å². The van der Waals surface area contributed by atoms with Gasteiger partial charge < -0.3 is 14.5 Å². The molecule has 0 fully saturated rings. The summed E-state index contributed by atoms with van der Waals surface area (Å²) in [6.45, 7) is 2.41. The Morgan fingerprint density at radius 3 is 3.11 bits per heavy atom. The molecule has 18 heavy (non-hydrogen) atoms. The lowest BCUT2D eigenvalue weighted by Gasteiger charge is -2.01. The number of nitrogens with zero attached hydrogens (tertiary/aromatic N) is 1. The third kappa shape index (κ3) is 3.65. The molecule has 6 heteroatoms. The summed E-state index contributed by atoms with van der Waals surface area (Å²) in [5, 5.41) is 5.28. The van der Waals surface area contributed by atoms with Gasteiger partial charge in [-0.2, -0.15) is 0 Å². The molecule has 2 aromatic rings. The molecule has 0 atom stereocenters. The Labute approximate surface area is 118 Å². The summed E-state index contributed by atoms with van der Waals surface area (Å²) in [4.78, 5) is 5.36. The SMILES string of the molecule is COCCNCCc1ncc(-c2sccc2Br)o1. The molecular weight excluding hydrogens is 316 g/mol. The summed E-state index contributed by atoms with van der Waals surface area (Å²) < 4.78 is 11.7. The number of ether oxygens (including phenoxy) is 1. The largest absolute Gasteiger partial charge is 0.440 e. The predicted molar refractivity (Wildman–Crippen MR) is 76.0 cm³/mol. The third-order valence-electron chi connectivity index (χ3n) is 2.39. The molecule has 1 N–H and O–H groups in total. The molecule has 98 valence electrons. The van der Waals surface area contributed by atoms with Crippen molar-refractivity contribution in [1.82, 2.24) is 10.3 Å². The van der Waals surface area contributed by atoms with E-state index in [0.717, 1.165) is 47.1 Å². The van der Waals surface area contributed by atoms with Crippen molar-refractivity contribution in [2.24, 2.45) is 0 Å². The van der Waals surface area contributed by atoms with Gasteiger partial charge in [0.15, 0.2) is 11.7 Å². The van der Waals surface area contributed by atoms with Crippen LogP contribution in [0.4, 0.5) is 0 Å². The lowest BCUT2D eigenvalue weighted by molar-refractivity contribution is 0.199. The van der Waals surface area contributed by atoms with Crippen molar-refractivity contribution in [2.75, 3.05) is 26.8 Å². The molecule has 0 unspecified atom stereocenters. The Morgan fingerprint density at radius 2 is 2.39 bits per heavy atom. The van der Waals surface area contributed by atoms with E-state index >= 15 is 0 Å². The van der Waals surface area contributed by atoms with Gasteiger partial charge in [-0.15, -0.1) is 11.3 Å². The van der Waals surface area contributed by atoms with Crippen LogP contribution in [-0.4, -0.2) is 31.8 Å². The van der Waals surface area contributed by atoms with Crippen LogP contribution in [0.15, 0.2) is 26.5 Å². The number of oxazole rings is 1. The third-order valence-corrected chi connectivity index (χ3v) is 4.25. The standard InChI is InChI=1S/C12H15BrN2O2S/c1-16-6-5-14-4-2-11-15-8-10(17-11)12-9(13)3-7-18-12/h3,7-8,14H,2,4-6H2,1H3. The number of nitrogens with one attached hydrogen (secondary N) is 1. The molecule has 0 aliphatic carbocycles. The van der Waals surface area contributed by atoms with E-state index in [4.69, 9.17) is 9.15 Å². The Hall–Kier alpha value is -0.690. The molecule has 4 nitrogen and oxygen atoms in total. The molecule has 0 saturated carbocycles. The number of hydrogen-bond donors (Lipinski definition) is 1. The van der Waals surface area contributed by atoms with Crippen molar-refractivity contribution in [3.63, 3.8) is 0 Å². The van der Waals surface area contributed by atoms with Crippen LogP contribution in [0.3, 0.4) is 0 Å². The minimum absolute atomic E-state index is 0.721. The first-order valence-electron chi connectivity index (χ1n) is 5.69.